The Morgan fingerprint density at radius 3 is 2.60 bits per heavy atom. The van der Waals surface area contributed by atoms with Gasteiger partial charge < -0.3 is 5.73 Å². The zero-order valence-corrected chi connectivity index (χ0v) is 12.7. The first-order valence-electron chi connectivity index (χ1n) is 7.86. The van der Waals surface area contributed by atoms with Crippen molar-refractivity contribution in [2.45, 2.75) is 64.1 Å². The van der Waals surface area contributed by atoms with Crippen molar-refractivity contribution in [2.24, 2.45) is 5.73 Å². The normalized spacial score (nSPS) is 24.9. The Balaban J connectivity index is 1.96. The highest BCUT2D eigenvalue weighted by molar-refractivity contribution is 5.17. The van der Waals surface area contributed by atoms with Gasteiger partial charge in [0.05, 0.1) is 0 Å². The van der Waals surface area contributed by atoms with E-state index in [2.05, 4.69) is 18.7 Å². The largest absolute Gasteiger partial charge is 0.328 e. The Morgan fingerprint density at radius 1 is 1.30 bits per heavy atom. The van der Waals surface area contributed by atoms with Crippen molar-refractivity contribution in [3.05, 3.63) is 35.6 Å². The van der Waals surface area contributed by atoms with Gasteiger partial charge in [0.2, 0.25) is 0 Å². The lowest BCUT2D eigenvalue weighted by Gasteiger charge is -2.39. The van der Waals surface area contributed by atoms with Crippen LogP contribution < -0.4 is 5.73 Å². The van der Waals surface area contributed by atoms with Gasteiger partial charge in [-0.05, 0) is 63.3 Å². The molecule has 20 heavy (non-hydrogen) atoms. The summed E-state index contributed by atoms with van der Waals surface area (Å²) in [6, 6.07) is 8.46. The van der Waals surface area contributed by atoms with E-state index in [-0.39, 0.29) is 5.82 Å². The summed E-state index contributed by atoms with van der Waals surface area (Å²) in [5, 5.41) is 0. The molecule has 2 nitrogen and oxygen atoms in total. The van der Waals surface area contributed by atoms with Crippen LogP contribution in [0.15, 0.2) is 24.3 Å². The fourth-order valence-corrected chi connectivity index (χ4v) is 3.49. The molecule has 1 aliphatic carbocycles. The minimum absolute atomic E-state index is 0.138. The Hall–Kier alpha value is -0.930. The molecule has 1 saturated carbocycles. The van der Waals surface area contributed by atoms with Crippen molar-refractivity contribution < 1.29 is 4.39 Å². The van der Waals surface area contributed by atoms with Crippen LogP contribution in [0.3, 0.4) is 0 Å². The van der Waals surface area contributed by atoms with Gasteiger partial charge in [-0.25, -0.2) is 4.39 Å². The summed E-state index contributed by atoms with van der Waals surface area (Å²) in [5.74, 6) is -0.138. The highest BCUT2D eigenvalue weighted by Gasteiger charge is 2.26. The van der Waals surface area contributed by atoms with Gasteiger partial charge >= 0.3 is 0 Å². The molecule has 1 aromatic rings. The molecule has 2 rings (SSSR count). The van der Waals surface area contributed by atoms with Crippen LogP contribution in [-0.2, 0) is 6.42 Å². The van der Waals surface area contributed by atoms with Crippen molar-refractivity contribution >= 4 is 0 Å². The Bertz CT molecular complexity index is 413. The van der Waals surface area contributed by atoms with Gasteiger partial charge in [-0.3, -0.25) is 4.90 Å². The Labute approximate surface area is 122 Å². The molecule has 0 spiro atoms. The van der Waals surface area contributed by atoms with Crippen LogP contribution >= 0.6 is 0 Å². The van der Waals surface area contributed by atoms with Crippen LogP contribution in [0.2, 0.25) is 0 Å². The molecule has 0 heterocycles. The zero-order valence-electron chi connectivity index (χ0n) is 12.7. The lowest BCUT2D eigenvalue weighted by Crippen LogP contribution is -2.46. The van der Waals surface area contributed by atoms with Crippen molar-refractivity contribution in [1.82, 2.24) is 4.90 Å². The molecule has 1 unspecified atom stereocenters. The van der Waals surface area contributed by atoms with Gasteiger partial charge in [-0.1, -0.05) is 19.1 Å². The van der Waals surface area contributed by atoms with Crippen LogP contribution in [0, 0.1) is 5.82 Å². The molecule has 0 bridgehead atoms. The van der Waals surface area contributed by atoms with Crippen molar-refractivity contribution in [1.29, 1.82) is 0 Å². The number of nitrogens with two attached hydrogens (primary N) is 1. The second kappa shape index (κ2) is 7.19. The molecule has 1 fully saturated rings. The number of hydrogen-bond donors (Lipinski definition) is 1. The predicted molar refractivity (Wildman–Crippen MR) is 82.2 cm³/mol. The van der Waals surface area contributed by atoms with Crippen LogP contribution in [0.4, 0.5) is 4.39 Å². The molecule has 3 heteroatoms. The number of likely N-dealkylation sites (N-methyl/N-ethyl adjacent to an activating group) is 1. The third-order valence-electron chi connectivity index (χ3n) is 4.56. The monoisotopic (exact) mass is 278 g/mol. The molecule has 0 amide bonds. The predicted octanol–water partition coefficient (Wildman–Crippen LogP) is 3.35. The van der Waals surface area contributed by atoms with Gasteiger partial charge in [0.25, 0.3) is 0 Å². The van der Waals surface area contributed by atoms with Crippen LogP contribution in [0.1, 0.15) is 45.1 Å². The van der Waals surface area contributed by atoms with E-state index >= 15 is 0 Å². The van der Waals surface area contributed by atoms with Gasteiger partial charge in [0.15, 0.2) is 0 Å². The summed E-state index contributed by atoms with van der Waals surface area (Å²) in [4.78, 5) is 2.57. The molecule has 1 aliphatic rings. The lowest BCUT2D eigenvalue weighted by atomic mass is 9.89. The number of hydrogen-bond acceptors (Lipinski definition) is 2. The third kappa shape index (κ3) is 4.03. The minimum atomic E-state index is -0.138. The molecule has 112 valence electrons. The smallest absolute Gasteiger partial charge is 0.123 e. The zero-order chi connectivity index (χ0) is 14.5. The quantitative estimate of drug-likeness (QED) is 0.895. The fourth-order valence-electron chi connectivity index (χ4n) is 3.49. The van der Waals surface area contributed by atoms with Gasteiger partial charge in [0.1, 0.15) is 5.82 Å². The maximum Gasteiger partial charge on any atom is 0.123 e. The number of rotatable bonds is 5. The van der Waals surface area contributed by atoms with Gasteiger partial charge in [0, 0.05) is 18.1 Å². The van der Waals surface area contributed by atoms with E-state index in [1.807, 2.05) is 6.07 Å². The minimum Gasteiger partial charge on any atom is -0.328 e. The molecule has 0 aromatic heterocycles. The summed E-state index contributed by atoms with van der Waals surface area (Å²) < 4.78 is 13.3. The Morgan fingerprint density at radius 2 is 2.00 bits per heavy atom. The molecular weight excluding hydrogens is 251 g/mol. The second-order valence-electron chi connectivity index (χ2n) is 6.08. The molecule has 1 aromatic carbocycles. The highest BCUT2D eigenvalue weighted by atomic mass is 19.1. The fraction of sp³-hybridized carbons (Fsp3) is 0.647. The topological polar surface area (TPSA) is 29.3 Å². The first-order chi connectivity index (χ1) is 9.60. The molecule has 1 atom stereocenters. The lowest BCUT2D eigenvalue weighted by molar-refractivity contribution is 0.114. The van der Waals surface area contributed by atoms with Crippen LogP contribution in [-0.4, -0.2) is 29.6 Å². The molecule has 2 N–H and O–H groups in total. The second-order valence-corrected chi connectivity index (χ2v) is 6.08. The highest BCUT2D eigenvalue weighted by Crippen LogP contribution is 2.24. The Kier molecular flexibility index (Phi) is 5.55. The summed E-state index contributed by atoms with van der Waals surface area (Å²) in [6.07, 6.45) is 5.57. The number of halogens is 1. The van der Waals surface area contributed by atoms with Crippen molar-refractivity contribution in [2.75, 3.05) is 6.54 Å². The van der Waals surface area contributed by atoms with E-state index in [9.17, 15) is 4.39 Å². The summed E-state index contributed by atoms with van der Waals surface area (Å²) in [6.45, 7) is 5.52. The SMILES string of the molecule is CCN(C(C)Cc1cccc(F)c1)C1CCC(N)CC1. The van der Waals surface area contributed by atoms with E-state index in [4.69, 9.17) is 5.73 Å². The first kappa shape index (κ1) is 15.5. The van der Waals surface area contributed by atoms with E-state index in [1.54, 1.807) is 12.1 Å². The van der Waals surface area contributed by atoms with E-state index in [0.29, 0.717) is 18.1 Å². The average molecular weight is 278 g/mol. The van der Waals surface area contributed by atoms with E-state index in [0.717, 1.165) is 31.4 Å². The molecule has 0 aliphatic heterocycles. The summed E-state index contributed by atoms with van der Waals surface area (Å²) in [5.41, 5.74) is 7.08. The molecule has 0 radical (unpaired) electrons. The van der Waals surface area contributed by atoms with Crippen molar-refractivity contribution in [3.8, 4) is 0 Å². The maximum atomic E-state index is 13.3. The van der Waals surface area contributed by atoms with Crippen LogP contribution in [0.5, 0.6) is 0 Å². The van der Waals surface area contributed by atoms with Crippen LogP contribution in [0.25, 0.3) is 0 Å². The van der Waals surface area contributed by atoms with Gasteiger partial charge in [-0.15, -0.1) is 0 Å². The standard InChI is InChI=1S/C17H27FN2/c1-3-20(17-9-7-16(19)8-10-17)13(2)11-14-5-4-6-15(18)12-14/h4-6,12-13,16-17H,3,7-11,19H2,1-2H3. The third-order valence-corrected chi connectivity index (χ3v) is 4.56. The number of benzene rings is 1. The molecular formula is C17H27FN2. The van der Waals surface area contributed by atoms with E-state index in [1.165, 1.54) is 18.9 Å². The number of nitrogens with zero attached hydrogens (tertiary/aromatic N) is 1. The molecule has 0 saturated heterocycles. The average Bonchev–Trinajstić information content (AvgIpc) is 2.42. The van der Waals surface area contributed by atoms with Crippen molar-refractivity contribution in [3.63, 3.8) is 0 Å². The summed E-state index contributed by atoms with van der Waals surface area (Å²) in [7, 11) is 0. The summed E-state index contributed by atoms with van der Waals surface area (Å²) >= 11 is 0. The maximum absolute atomic E-state index is 13.3. The first-order valence-corrected chi connectivity index (χ1v) is 7.86. The van der Waals surface area contributed by atoms with Gasteiger partial charge in [-0.2, -0.15) is 0 Å². The van der Waals surface area contributed by atoms with E-state index < -0.39 is 0 Å².